The zero-order valence-electron chi connectivity index (χ0n) is 15.0. The maximum absolute atomic E-state index is 13.8. The molecule has 0 amide bonds. The van der Waals surface area contributed by atoms with Crippen molar-refractivity contribution in [3.63, 3.8) is 0 Å². The quantitative estimate of drug-likeness (QED) is 0.810. The van der Waals surface area contributed by atoms with E-state index in [2.05, 4.69) is 34.0 Å². The highest BCUT2D eigenvalue weighted by molar-refractivity contribution is 5.90. The molecule has 1 saturated heterocycles. The Hall–Kier alpha value is -1.99. The molecular formula is C18H25FN4O2. The third-order valence-electron chi connectivity index (χ3n) is 4.35. The molecule has 2 atom stereocenters. The molecule has 1 fully saturated rings. The van der Waals surface area contributed by atoms with Crippen molar-refractivity contribution in [3.8, 4) is 5.75 Å². The molecule has 1 aliphatic heterocycles. The molecule has 2 unspecified atom stereocenters. The number of rotatable bonds is 6. The molecule has 2 aromatic rings. The normalized spacial score (nSPS) is 21.4. The number of hydrogen-bond acceptors (Lipinski definition) is 6. The standard InChI is InChI=1S/C18H25FN4O2/c1-12-9-23(10-13(2)25-12)6-4-5-20-18-14-7-17(24-3)15(19)8-16(14)21-11-22-18/h7-8,11-13H,4-6,9-10H2,1-3H3,(H,20,21,22). The molecule has 1 aliphatic rings. The summed E-state index contributed by atoms with van der Waals surface area (Å²) < 4.78 is 24.6. The summed E-state index contributed by atoms with van der Waals surface area (Å²) in [5.74, 6) is 0.476. The van der Waals surface area contributed by atoms with Gasteiger partial charge < -0.3 is 14.8 Å². The number of halogens is 1. The van der Waals surface area contributed by atoms with Gasteiger partial charge in [-0.2, -0.15) is 0 Å². The van der Waals surface area contributed by atoms with Gasteiger partial charge in [0.25, 0.3) is 0 Å². The maximum Gasteiger partial charge on any atom is 0.167 e. The van der Waals surface area contributed by atoms with Crippen LogP contribution in [0.3, 0.4) is 0 Å². The minimum Gasteiger partial charge on any atom is -0.494 e. The third-order valence-corrected chi connectivity index (χ3v) is 4.35. The van der Waals surface area contributed by atoms with Gasteiger partial charge in [0.1, 0.15) is 12.1 Å². The van der Waals surface area contributed by atoms with Gasteiger partial charge in [-0.05, 0) is 26.3 Å². The van der Waals surface area contributed by atoms with Gasteiger partial charge in [0.2, 0.25) is 0 Å². The Labute approximate surface area is 147 Å². The van der Waals surface area contributed by atoms with Crippen LogP contribution in [0.5, 0.6) is 5.75 Å². The van der Waals surface area contributed by atoms with Gasteiger partial charge in [-0.3, -0.25) is 4.90 Å². The molecule has 6 nitrogen and oxygen atoms in total. The molecule has 25 heavy (non-hydrogen) atoms. The highest BCUT2D eigenvalue weighted by Crippen LogP contribution is 2.27. The van der Waals surface area contributed by atoms with Gasteiger partial charge in [0, 0.05) is 37.6 Å². The number of nitrogens with zero attached hydrogens (tertiary/aromatic N) is 3. The second kappa shape index (κ2) is 7.93. The van der Waals surface area contributed by atoms with Gasteiger partial charge in [0.05, 0.1) is 24.8 Å². The van der Waals surface area contributed by atoms with E-state index in [-0.39, 0.29) is 18.0 Å². The Balaban J connectivity index is 1.60. The number of hydrogen-bond donors (Lipinski definition) is 1. The predicted octanol–water partition coefficient (Wildman–Crippen LogP) is 2.69. The Kier molecular flexibility index (Phi) is 5.65. The fourth-order valence-corrected chi connectivity index (χ4v) is 3.33. The van der Waals surface area contributed by atoms with Crippen molar-refractivity contribution in [1.29, 1.82) is 0 Å². The van der Waals surface area contributed by atoms with Crippen LogP contribution in [0.2, 0.25) is 0 Å². The fourth-order valence-electron chi connectivity index (χ4n) is 3.33. The van der Waals surface area contributed by atoms with Gasteiger partial charge in [-0.1, -0.05) is 0 Å². The lowest BCUT2D eigenvalue weighted by atomic mass is 10.2. The van der Waals surface area contributed by atoms with Gasteiger partial charge >= 0.3 is 0 Å². The van der Waals surface area contributed by atoms with E-state index in [1.54, 1.807) is 6.07 Å². The smallest absolute Gasteiger partial charge is 0.167 e. The SMILES string of the molecule is COc1cc2c(NCCCN3CC(C)OC(C)C3)ncnc2cc1F. The van der Waals surface area contributed by atoms with Crippen LogP contribution in [-0.4, -0.2) is 60.4 Å². The fraction of sp³-hybridized carbons (Fsp3) is 0.556. The summed E-state index contributed by atoms with van der Waals surface area (Å²) in [5, 5.41) is 4.09. The Bertz CT molecular complexity index is 718. The topological polar surface area (TPSA) is 59.5 Å². The Morgan fingerprint density at radius 2 is 2.04 bits per heavy atom. The summed E-state index contributed by atoms with van der Waals surface area (Å²) in [4.78, 5) is 10.8. The summed E-state index contributed by atoms with van der Waals surface area (Å²) in [6, 6.07) is 3.01. The zero-order chi connectivity index (χ0) is 17.8. The second-order valence-electron chi connectivity index (χ2n) is 6.52. The minimum atomic E-state index is -0.421. The molecule has 7 heteroatoms. The van der Waals surface area contributed by atoms with E-state index in [1.165, 1.54) is 19.5 Å². The van der Waals surface area contributed by atoms with Crippen molar-refractivity contribution in [2.24, 2.45) is 0 Å². The maximum atomic E-state index is 13.8. The molecule has 1 N–H and O–H groups in total. The lowest BCUT2D eigenvalue weighted by Crippen LogP contribution is -2.45. The lowest BCUT2D eigenvalue weighted by Gasteiger charge is -2.35. The van der Waals surface area contributed by atoms with Crippen molar-refractivity contribution < 1.29 is 13.9 Å². The first-order valence-corrected chi connectivity index (χ1v) is 8.66. The van der Waals surface area contributed by atoms with Crippen LogP contribution in [0, 0.1) is 5.82 Å². The van der Waals surface area contributed by atoms with E-state index in [9.17, 15) is 4.39 Å². The van der Waals surface area contributed by atoms with Crippen LogP contribution in [0.4, 0.5) is 10.2 Å². The Morgan fingerprint density at radius 1 is 1.28 bits per heavy atom. The van der Waals surface area contributed by atoms with E-state index < -0.39 is 5.82 Å². The molecule has 1 aromatic carbocycles. The molecule has 0 bridgehead atoms. The first kappa shape index (κ1) is 17.8. The molecule has 1 aromatic heterocycles. The summed E-state index contributed by atoms with van der Waals surface area (Å²) in [7, 11) is 1.45. The zero-order valence-corrected chi connectivity index (χ0v) is 15.0. The van der Waals surface area contributed by atoms with E-state index in [0.717, 1.165) is 38.0 Å². The van der Waals surface area contributed by atoms with Crippen molar-refractivity contribution in [2.45, 2.75) is 32.5 Å². The summed E-state index contributed by atoms with van der Waals surface area (Å²) in [6.07, 6.45) is 3.00. The van der Waals surface area contributed by atoms with Crippen LogP contribution >= 0.6 is 0 Å². The number of ether oxygens (including phenoxy) is 2. The van der Waals surface area contributed by atoms with E-state index >= 15 is 0 Å². The number of anilines is 1. The highest BCUT2D eigenvalue weighted by atomic mass is 19.1. The highest BCUT2D eigenvalue weighted by Gasteiger charge is 2.21. The van der Waals surface area contributed by atoms with Crippen LogP contribution < -0.4 is 10.1 Å². The molecule has 0 saturated carbocycles. The van der Waals surface area contributed by atoms with Crippen molar-refractivity contribution in [3.05, 3.63) is 24.3 Å². The summed E-state index contributed by atoms with van der Waals surface area (Å²) >= 11 is 0. The lowest BCUT2D eigenvalue weighted by molar-refractivity contribution is -0.0678. The largest absolute Gasteiger partial charge is 0.494 e. The molecule has 0 spiro atoms. The number of benzene rings is 1. The van der Waals surface area contributed by atoms with E-state index in [0.29, 0.717) is 11.3 Å². The van der Waals surface area contributed by atoms with Crippen LogP contribution in [0.15, 0.2) is 18.5 Å². The van der Waals surface area contributed by atoms with Gasteiger partial charge in [-0.15, -0.1) is 0 Å². The number of aromatic nitrogens is 2. The summed E-state index contributed by atoms with van der Waals surface area (Å²) in [6.45, 7) is 7.95. The van der Waals surface area contributed by atoms with Crippen molar-refractivity contribution >= 4 is 16.7 Å². The van der Waals surface area contributed by atoms with Crippen molar-refractivity contribution in [1.82, 2.24) is 14.9 Å². The monoisotopic (exact) mass is 348 g/mol. The second-order valence-corrected chi connectivity index (χ2v) is 6.52. The van der Waals surface area contributed by atoms with Crippen LogP contribution in [0.1, 0.15) is 20.3 Å². The molecule has 3 rings (SSSR count). The first-order valence-electron chi connectivity index (χ1n) is 8.66. The number of nitrogens with one attached hydrogen (secondary N) is 1. The minimum absolute atomic E-state index is 0.196. The molecule has 136 valence electrons. The van der Waals surface area contributed by atoms with E-state index in [4.69, 9.17) is 9.47 Å². The molecule has 2 heterocycles. The number of fused-ring (bicyclic) bond motifs is 1. The molecule has 0 aliphatic carbocycles. The average Bonchev–Trinajstić information content (AvgIpc) is 2.57. The van der Waals surface area contributed by atoms with Crippen LogP contribution in [-0.2, 0) is 4.74 Å². The summed E-state index contributed by atoms with van der Waals surface area (Å²) in [5.41, 5.74) is 0.562. The first-order chi connectivity index (χ1) is 12.1. The molecule has 0 radical (unpaired) electrons. The van der Waals surface area contributed by atoms with E-state index in [1.807, 2.05) is 0 Å². The molecular weight excluding hydrogens is 323 g/mol. The van der Waals surface area contributed by atoms with Gasteiger partial charge in [-0.25, -0.2) is 14.4 Å². The van der Waals surface area contributed by atoms with Crippen LogP contribution in [0.25, 0.3) is 10.9 Å². The third kappa shape index (κ3) is 4.35. The number of methoxy groups -OCH3 is 1. The average molecular weight is 348 g/mol. The Morgan fingerprint density at radius 3 is 2.76 bits per heavy atom. The van der Waals surface area contributed by atoms with Crippen molar-refractivity contribution in [2.75, 3.05) is 38.6 Å². The number of morpholine rings is 1. The van der Waals surface area contributed by atoms with Gasteiger partial charge in [0.15, 0.2) is 11.6 Å². The predicted molar refractivity (Wildman–Crippen MR) is 95.6 cm³/mol.